The zero-order chi connectivity index (χ0) is 22.3. The number of allylic oxidation sites excluding steroid dienone is 2. The first kappa shape index (κ1) is 21.3. The Balaban J connectivity index is 1.95. The molecule has 0 spiro atoms. The zero-order valence-corrected chi connectivity index (χ0v) is 18.8. The molecule has 0 bridgehead atoms. The van der Waals surface area contributed by atoms with E-state index in [-0.39, 0.29) is 16.8 Å². The Kier molecular flexibility index (Phi) is 5.50. The lowest BCUT2D eigenvalue weighted by molar-refractivity contribution is -0.118. The van der Waals surface area contributed by atoms with Gasteiger partial charge in [-0.05, 0) is 30.7 Å². The summed E-state index contributed by atoms with van der Waals surface area (Å²) in [7, 11) is 0. The number of ketones is 1. The van der Waals surface area contributed by atoms with Gasteiger partial charge < -0.3 is 10.0 Å². The van der Waals surface area contributed by atoms with E-state index in [0.29, 0.717) is 18.8 Å². The molecule has 2 aromatic rings. The van der Waals surface area contributed by atoms with Gasteiger partial charge in [-0.2, -0.15) is 5.10 Å². The van der Waals surface area contributed by atoms with Crippen molar-refractivity contribution < 1.29 is 14.7 Å². The Morgan fingerprint density at radius 3 is 2.55 bits per heavy atom. The number of aryl methyl sites for hydroxylation is 1. The molecule has 0 amide bonds. The van der Waals surface area contributed by atoms with Crippen molar-refractivity contribution in [3.05, 3.63) is 58.4 Å². The Hall–Kier alpha value is -2.89. The van der Waals surface area contributed by atoms with Gasteiger partial charge in [0.15, 0.2) is 5.78 Å². The van der Waals surface area contributed by atoms with Gasteiger partial charge in [0.25, 0.3) is 0 Å². The van der Waals surface area contributed by atoms with Crippen LogP contribution in [0.2, 0.25) is 0 Å². The van der Waals surface area contributed by atoms with Crippen LogP contribution < -0.4 is 4.90 Å². The van der Waals surface area contributed by atoms with Crippen LogP contribution >= 0.6 is 0 Å². The third kappa shape index (κ3) is 3.80. The molecule has 2 aliphatic rings. The van der Waals surface area contributed by atoms with Gasteiger partial charge in [0.05, 0.1) is 6.20 Å². The topological polar surface area (TPSA) is 75.4 Å². The molecule has 6 nitrogen and oxygen atoms in total. The van der Waals surface area contributed by atoms with Crippen molar-refractivity contribution in [1.29, 1.82) is 0 Å². The molecular formula is C25H31N3O3. The highest BCUT2D eigenvalue weighted by Crippen LogP contribution is 2.49. The molecule has 6 heteroatoms. The maximum atomic E-state index is 13.5. The van der Waals surface area contributed by atoms with Crippen LogP contribution in [0.1, 0.15) is 80.4 Å². The number of Topliss-reactive ketones (excluding diaryl/α,β-unsaturated/α-hetero) is 1. The minimum Gasteiger partial charge on any atom is -0.477 e. The van der Waals surface area contributed by atoms with Gasteiger partial charge in [-0.25, -0.2) is 9.48 Å². The molecule has 0 saturated heterocycles. The zero-order valence-electron chi connectivity index (χ0n) is 18.8. The molecule has 1 aliphatic carbocycles. The Bertz CT molecular complexity index is 1050. The summed E-state index contributed by atoms with van der Waals surface area (Å²) in [5, 5.41) is 14.4. The van der Waals surface area contributed by atoms with Crippen LogP contribution in [0.3, 0.4) is 0 Å². The highest BCUT2D eigenvalue weighted by atomic mass is 16.4. The highest BCUT2D eigenvalue weighted by molar-refractivity contribution is 6.01. The van der Waals surface area contributed by atoms with Gasteiger partial charge in [-0.1, -0.05) is 63.4 Å². The third-order valence-corrected chi connectivity index (χ3v) is 6.37. The summed E-state index contributed by atoms with van der Waals surface area (Å²) in [5.41, 5.74) is 3.86. The van der Waals surface area contributed by atoms with E-state index in [1.165, 1.54) is 6.20 Å². The second-order valence-electron chi connectivity index (χ2n) is 9.60. The number of carboxylic acid groups (broad SMARTS) is 1. The number of nitrogens with zero attached hydrogens (tertiary/aromatic N) is 3. The highest BCUT2D eigenvalue weighted by Gasteiger charge is 2.45. The van der Waals surface area contributed by atoms with Crippen molar-refractivity contribution in [2.45, 2.75) is 65.8 Å². The average Bonchev–Trinajstić information content (AvgIpc) is 3.13. The van der Waals surface area contributed by atoms with Crippen LogP contribution in [0, 0.1) is 12.3 Å². The van der Waals surface area contributed by atoms with Crippen molar-refractivity contribution in [1.82, 2.24) is 9.78 Å². The summed E-state index contributed by atoms with van der Waals surface area (Å²) in [5.74, 6) is -0.261. The Morgan fingerprint density at radius 2 is 1.90 bits per heavy atom. The lowest BCUT2D eigenvalue weighted by atomic mass is 9.72. The summed E-state index contributed by atoms with van der Waals surface area (Å²) in [6, 6.07) is 7.71. The molecule has 31 heavy (non-hydrogen) atoms. The van der Waals surface area contributed by atoms with Gasteiger partial charge in [-0.15, -0.1) is 0 Å². The molecule has 2 heterocycles. The van der Waals surface area contributed by atoms with Gasteiger partial charge in [-0.3, -0.25) is 4.79 Å². The normalized spacial score (nSPS) is 19.9. The summed E-state index contributed by atoms with van der Waals surface area (Å²) in [4.78, 5) is 27.6. The van der Waals surface area contributed by atoms with E-state index in [1.807, 2.05) is 31.2 Å². The number of carboxylic acids is 1. The number of carbonyl (C=O) groups is 2. The Labute approximate surface area is 183 Å². The average molecular weight is 422 g/mol. The smallest absolute Gasteiger partial charge is 0.341 e. The second-order valence-corrected chi connectivity index (χ2v) is 9.60. The van der Waals surface area contributed by atoms with Gasteiger partial charge in [0.2, 0.25) is 0 Å². The van der Waals surface area contributed by atoms with E-state index in [4.69, 9.17) is 0 Å². The van der Waals surface area contributed by atoms with Crippen molar-refractivity contribution >= 4 is 17.6 Å². The molecule has 164 valence electrons. The molecule has 1 N–H and O–H groups in total. The first-order chi connectivity index (χ1) is 14.7. The maximum Gasteiger partial charge on any atom is 0.341 e. The number of aromatic carboxylic acids is 1. The first-order valence-corrected chi connectivity index (χ1v) is 11.1. The molecule has 1 atom stereocenters. The summed E-state index contributed by atoms with van der Waals surface area (Å²) >= 11 is 0. The number of fused-ring (bicyclic) bond motifs is 1. The quantitative estimate of drug-likeness (QED) is 0.654. The SMILES string of the molecule is CCCCCN1C2=C(C(=O)CC(C)(C)C2)C(c2ccc(C)cc2)n2ncc(C(=O)O)c21. The lowest BCUT2D eigenvalue weighted by Gasteiger charge is -2.44. The van der Waals surface area contributed by atoms with E-state index in [9.17, 15) is 14.7 Å². The number of anilines is 1. The number of unbranched alkanes of at least 4 members (excludes halogenated alkanes) is 2. The van der Waals surface area contributed by atoms with E-state index in [1.54, 1.807) is 4.68 Å². The Morgan fingerprint density at radius 1 is 1.19 bits per heavy atom. The largest absolute Gasteiger partial charge is 0.477 e. The van der Waals surface area contributed by atoms with Gasteiger partial charge in [0.1, 0.15) is 17.4 Å². The van der Waals surface area contributed by atoms with E-state index >= 15 is 0 Å². The second kappa shape index (κ2) is 7.98. The monoisotopic (exact) mass is 421 g/mol. The molecule has 1 aliphatic heterocycles. The number of rotatable bonds is 6. The van der Waals surface area contributed by atoms with Crippen LogP contribution in [0.4, 0.5) is 5.82 Å². The summed E-state index contributed by atoms with van der Waals surface area (Å²) in [6.45, 7) is 9.09. The summed E-state index contributed by atoms with van der Waals surface area (Å²) in [6.07, 6.45) is 5.71. The maximum absolute atomic E-state index is 13.5. The predicted molar refractivity (Wildman–Crippen MR) is 120 cm³/mol. The van der Waals surface area contributed by atoms with E-state index in [0.717, 1.165) is 48.1 Å². The fraction of sp³-hybridized carbons (Fsp3) is 0.480. The molecule has 1 aromatic carbocycles. The van der Waals surface area contributed by atoms with Crippen LogP contribution in [-0.4, -0.2) is 33.2 Å². The minimum absolute atomic E-state index is 0.135. The van der Waals surface area contributed by atoms with Crippen molar-refractivity contribution in [2.24, 2.45) is 5.41 Å². The van der Waals surface area contributed by atoms with Crippen LogP contribution in [0.25, 0.3) is 0 Å². The van der Waals surface area contributed by atoms with Crippen LogP contribution in [0.15, 0.2) is 41.7 Å². The molecule has 4 rings (SSSR count). The fourth-order valence-corrected chi connectivity index (χ4v) is 4.89. The molecule has 0 radical (unpaired) electrons. The van der Waals surface area contributed by atoms with E-state index < -0.39 is 12.0 Å². The standard InChI is InChI=1S/C25H31N3O3/c1-5-6-7-12-27-19-13-25(3,4)14-20(29)21(19)22(17-10-8-16(2)9-11-17)28-23(27)18(15-26-28)24(30)31/h8-11,15,22H,5-7,12-14H2,1-4H3,(H,30,31). The number of carbonyl (C=O) groups excluding carboxylic acids is 1. The third-order valence-electron chi connectivity index (χ3n) is 6.37. The van der Waals surface area contributed by atoms with Gasteiger partial charge >= 0.3 is 5.97 Å². The molecule has 0 fully saturated rings. The van der Waals surface area contributed by atoms with Crippen molar-refractivity contribution in [3.8, 4) is 0 Å². The molecule has 1 aromatic heterocycles. The number of aromatic nitrogens is 2. The van der Waals surface area contributed by atoms with Crippen molar-refractivity contribution in [3.63, 3.8) is 0 Å². The van der Waals surface area contributed by atoms with Crippen LogP contribution in [0.5, 0.6) is 0 Å². The lowest BCUT2D eigenvalue weighted by Crippen LogP contribution is -2.43. The fourth-order valence-electron chi connectivity index (χ4n) is 4.89. The minimum atomic E-state index is -0.991. The van der Waals surface area contributed by atoms with E-state index in [2.05, 4.69) is 30.8 Å². The number of hydrogen-bond acceptors (Lipinski definition) is 4. The van der Waals surface area contributed by atoms with Crippen molar-refractivity contribution in [2.75, 3.05) is 11.4 Å². The molecular weight excluding hydrogens is 390 g/mol. The first-order valence-electron chi connectivity index (χ1n) is 11.1. The predicted octanol–water partition coefficient (Wildman–Crippen LogP) is 5.13. The molecule has 0 saturated carbocycles. The van der Waals surface area contributed by atoms with Crippen LogP contribution in [-0.2, 0) is 4.79 Å². The molecule has 1 unspecified atom stereocenters. The summed E-state index contributed by atoms with van der Waals surface area (Å²) < 4.78 is 1.76. The number of benzene rings is 1. The number of hydrogen-bond donors (Lipinski definition) is 1. The van der Waals surface area contributed by atoms with Gasteiger partial charge in [0, 0.05) is 24.2 Å².